The van der Waals surface area contributed by atoms with Crippen LogP contribution >= 0.6 is 11.8 Å². The van der Waals surface area contributed by atoms with Crippen LogP contribution in [0.1, 0.15) is 36.0 Å². The lowest BCUT2D eigenvalue weighted by molar-refractivity contribution is -0.664. The SMILES string of the molecule is CSc1ccc(-c2ccc3c(c2)C(=O)N2CC[C@H](NC(=O)C4CC[NH2+]CC4)C[C@H]2C(=O)N3)cc1. The van der Waals surface area contributed by atoms with Crippen LogP contribution in [-0.4, -0.2) is 60.6 Å². The second-order valence-electron chi connectivity index (χ2n) is 9.36. The zero-order chi connectivity index (χ0) is 23.7. The van der Waals surface area contributed by atoms with Gasteiger partial charge in [0.15, 0.2) is 0 Å². The smallest absolute Gasteiger partial charge is 0.256 e. The molecule has 7 nitrogen and oxygen atoms in total. The molecule has 2 saturated heterocycles. The van der Waals surface area contributed by atoms with E-state index in [9.17, 15) is 14.4 Å². The molecule has 3 amide bonds. The van der Waals surface area contributed by atoms with Crippen molar-refractivity contribution in [2.75, 3.05) is 31.2 Å². The van der Waals surface area contributed by atoms with Gasteiger partial charge in [0, 0.05) is 36.2 Å². The van der Waals surface area contributed by atoms with Crippen LogP contribution in [0.3, 0.4) is 0 Å². The van der Waals surface area contributed by atoms with E-state index < -0.39 is 6.04 Å². The van der Waals surface area contributed by atoms with E-state index in [2.05, 4.69) is 40.2 Å². The zero-order valence-corrected chi connectivity index (χ0v) is 20.2. The normalized spacial score (nSPS) is 22.9. The Bertz CT molecular complexity index is 1100. The van der Waals surface area contributed by atoms with Gasteiger partial charge in [0.1, 0.15) is 6.04 Å². The Labute approximate surface area is 204 Å². The molecule has 3 aliphatic heterocycles. The standard InChI is InChI=1S/C26H30N4O3S/c1-34-20-5-2-16(3-6-20)18-4-7-22-21(14-18)26(33)30-13-10-19(15-23(30)25(32)29-22)28-24(31)17-8-11-27-12-9-17/h2-7,14,17,19,23,27H,8-13,15H2,1H3,(H,28,31)(H,29,32)/p+1/t19-,23-/m0/s1. The molecule has 0 aromatic heterocycles. The number of benzene rings is 2. The second-order valence-corrected chi connectivity index (χ2v) is 10.2. The molecule has 2 aromatic rings. The fraction of sp³-hybridized carbons (Fsp3) is 0.423. The first-order chi connectivity index (χ1) is 16.5. The average Bonchev–Trinajstić information content (AvgIpc) is 2.98. The molecular weight excluding hydrogens is 448 g/mol. The number of quaternary nitrogens is 1. The number of amides is 3. The van der Waals surface area contributed by atoms with Crippen molar-refractivity contribution in [3.8, 4) is 11.1 Å². The highest BCUT2D eigenvalue weighted by Crippen LogP contribution is 2.32. The van der Waals surface area contributed by atoms with Crippen molar-refractivity contribution in [2.45, 2.75) is 42.7 Å². The minimum atomic E-state index is -0.581. The summed E-state index contributed by atoms with van der Waals surface area (Å²) in [4.78, 5) is 42.2. The second kappa shape index (κ2) is 9.80. The summed E-state index contributed by atoms with van der Waals surface area (Å²) in [7, 11) is 0. The molecule has 8 heteroatoms. The molecule has 34 heavy (non-hydrogen) atoms. The molecule has 2 fully saturated rings. The summed E-state index contributed by atoms with van der Waals surface area (Å²) in [5.41, 5.74) is 3.04. The summed E-state index contributed by atoms with van der Waals surface area (Å²) < 4.78 is 0. The van der Waals surface area contributed by atoms with Crippen molar-refractivity contribution >= 4 is 35.2 Å². The fourth-order valence-corrected chi connectivity index (χ4v) is 5.67. The molecule has 178 valence electrons. The van der Waals surface area contributed by atoms with Crippen molar-refractivity contribution in [1.29, 1.82) is 0 Å². The molecule has 0 spiro atoms. The van der Waals surface area contributed by atoms with Crippen molar-refractivity contribution in [2.24, 2.45) is 5.92 Å². The van der Waals surface area contributed by atoms with E-state index in [1.165, 1.54) is 4.90 Å². The van der Waals surface area contributed by atoms with Crippen LogP contribution in [0.25, 0.3) is 11.1 Å². The van der Waals surface area contributed by atoms with Gasteiger partial charge in [0.25, 0.3) is 5.91 Å². The first-order valence-corrected chi connectivity index (χ1v) is 13.3. The minimum Gasteiger partial charge on any atom is -0.353 e. The lowest BCUT2D eigenvalue weighted by atomic mass is 9.93. The Kier molecular flexibility index (Phi) is 6.61. The van der Waals surface area contributed by atoms with Gasteiger partial charge in [-0.05, 0) is 54.5 Å². The number of fused-ring (bicyclic) bond motifs is 2. The van der Waals surface area contributed by atoms with Crippen LogP contribution < -0.4 is 16.0 Å². The number of nitrogens with zero attached hydrogens (tertiary/aromatic N) is 1. The summed E-state index contributed by atoms with van der Waals surface area (Å²) in [5, 5.41) is 8.37. The summed E-state index contributed by atoms with van der Waals surface area (Å²) in [6.07, 6.45) is 4.93. The molecule has 0 saturated carbocycles. The number of anilines is 1. The van der Waals surface area contributed by atoms with E-state index in [-0.39, 0.29) is 29.7 Å². The van der Waals surface area contributed by atoms with Gasteiger partial charge >= 0.3 is 0 Å². The number of nitrogens with one attached hydrogen (secondary N) is 2. The van der Waals surface area contributed by atoms with E-state index in [0.29, 0.717) is 30.6 Å². The number of thioether (sulfide) groups is 1. The van der Waals surface area contributed by atoms with E-state index in [1.807, 2.05) is 24.5 Å². The van der Waals surface area contributed by atoms with Gasteiger partial charge in [-0.2, -0.15) is 0 Å². The highest BCUT2D eigenvalue weighted by Gasteiger charge is 2.40. The minimum absolute atomic E-state index is 0.0558. The number of carbonyl (C=O) groups excluding carboxylic acids is 3. The summed E-state index contributed by atoms with van der Waals surface area (Å²) >= 11 is 1.69. The van der Waals surface area contributed by atoms with Crippen LogP contribution in [-0.2, 0) is 9.59 Å². The van der Waals surface area contributed by atoms with Crippen LogP contribution in [0.15, 0.2) is 47.4 Å². The van der Waals surface area contributed by atoms with E-state index in [1.54, 1.807) is 16.7 Å². The Hall–Kier alpha value is -2.84. The van der Waals surface area contributed by atoms with Crippen molar-refractivity contribution in [1.82, 2.24) is 10.2 Å². The number of piperidine rings is 2. The van der Waals surface area contributed by atoms with Crippen LogP contribution in [0.2, 0.25) is 0 Å². The predicted molar refractivity (Wildman–Crippen MR) is 133 cm³/mol. The molecule has 3 heterocycles. The van der Waals surface area contributed by atoms with Gasteiger partial charge < -0.3 is 20.9 Å². The molecule has 2 aromatic carbocycles. The van der Waals surface area contributed by atoms with Gasteiger partial charge in [-0.15, -0.1) is 11.8 Å². The van der Waals surface area contributed by atoms with Gasteiger partial charge in [-0.25, -0.2) is 0 Å². The number of rotatable bonds is 4. The van der Waals surface area contributed by atoms with Gasteiger partial charge in [0.05, 0.1) is 24.3 Å². The molecule has 2 atom stereocenters. The number of carbonyl (C=O) groups is 3. The maximum Gasteiger partial charge on any atom is 0.256 e. The maximum absolute atomic E-state index is 13.5. The number of nitrogens with two attached hydrogens (primary N) is 1. The Morgan fingerprint density at radius 1 is 1.06 bits per heavy atom. The summed E-state index contributed by atoms with van der Waals surface area (Å²) in [5.74, 6) is -0.170. The molecule has 0 aliphatic carbocycles. The van der Waals surface area contributed by atoms with Crippen LogP contribution in [0, 0.1) is 5.92 Å². The Morgan fingerprint density at radius 3 is 2.53 bits per heavy atom. The third-order valence-electron chi connectivity index (χ3n) is 7.25. The summed E-state index contributed by atoms with van der Waals surface area (Å²) in [6, 6.07) is 13.2. The molecule has 0 radical (unpaired) electrons. The highest BCUT2D eigenvalue weighted by atomic mass is 32.2. The Morgan fingerprint density at radius 2 is 1.79 bits per heavy atom. The molecule has 0 unspecified atom stereocenters. The van der Waals surface area contributed by atoms with E-state index in [0.717, 1.165) is 37.1 Å². The van der Waals surface area contributed by atoms with Gasteiger partial charge in [-0.1, -0.05) is 18.2 Å². The lowest BCUT2D eigenvalue weighted by Crippen LogP contribution is -2.86. The molecule has 0 bridgehead atoms. The van der Waals surface area contributed by atoms with Crippen molar-refractivity contribution in [3.63, 3.8) is 0 Å². The van der Waals surface area contributed by atoms with Gasteiger partial charge in [0.2, 0.25) is 11.8 Å². The summed E-state index contributed by atoms with van der Waals surface area (Å²) in [6.45, 7) is 2.42. The molecule has 4 N–H and O–H groups in total. The quantitative estimate of drug-likeness (QED) is 0.586. The van der Waals surface area contributed by atoms with Gasteiger partial charge in [-0.3, -0.25) is 14.4 Å². The first kappa shape index (κ1) is 22.9. The predicted octanol–water partition coefficient (Wildman–Crippen LogP) is 2.09. The third kappa shape index (κ3) is 4.57. The van der Waals surface area contributed by atoms with Crippen LogP contribution in [0.5, 0.6) is 0 Å². The Balaban J connectivity index is 1.33. The monoisotopic (exact) mass is 479 g/mol. The van der Waals surface area contributed by atoms with E-state index >= 15 is 0 Å². The van der Waals surface area contributed by atoms with E-state index in [4.69, 9.17) is 0 Å². The molecule has 5 rings (SSSR count). The molecule has 3 aliphatic rings. The zero-order valence-electron chi connectivity index (χ0n) is 19.4. The lowest BCUT2D eigenvalue weighted by Gasteiger charge is -2.38. The van der Waals surface area contributed by atoms with Crippen LogP contribution in [0.4, 0.5) is 5.69 Å². The largest absolute Gasteiger partial charge is 0.353 e. The number of hydrogen-bond donors (Lipinski definition) is 3. The topological polar surface area (TPSA) is 95.1 Å². The first-order valence-electron chi connectivity index (χ1n) is 12.1. The molecular formula is C26H31N4O3S+. The average molecular weight is 480 g/mol. The van der Waals surface area contributed by atoms with Crippen molar-refractivity contribution in [3.05, 3.63) is 48.0 Å². The fourth-order valence-electron chi connectivity index (χ4n) is 5.26. The van der Waals surface area contributed by atoms with Crippen molar-refractivity contribution < 1.29 is 19.7 Å². The third-order valence-corrected chi connectivity index (χ3v) is 8.00. The maximum atomic E-state index is 13.5. The highest BCUT2D eigenvalue weighted by molar-refractivity contribution is 7.98. The number of hydrogen-bond acceptors (Lipinski definition) is 4.